The van der Waals surface area contributed by atoms with Gasteiger partial charge in [0, 0.05) is 26.7 Å². The maximum Gasteiger partial charge on any atom is 0.357 e. The van der Waals surface area contributed by atoms with Crippen LogP contribution in [0.25, 0.3) is 12.2 Å². The summed E-state index contributed by atoms with van der Waals surface area (Å²) in [6.45, 7) is 1.39. The summed E-state index contributed by atoms with van der Waals surface area (Å²) < 4.78 is 1.74. The van der Waals surface area contributed by atoms with Crippen LogP contribution in [0.5, 0.6) is 0 Å². The lowest BCUT2D eigenvalue weighted by atomic mass is 10.1. The van der Waals surface area contributed by atoms with Gasteiger partial charge in [-0.25, -0.2) is 4.79 Å². The van der Waals surface area contributed by atoms with Crippen molar-refractivity contribution in [2.24, 2.45) is 14.1 Å². The summed E-state index contributed by atoms with van der Waals surface area (Å²) in [5, 5.41) is 13.8. The van der Waals surface area contributed by atoms with Crippen molar-refractivity contribution in [3.05, 3.63) is 66.5 Å². The third-order valence-corrected chi connectivity index (χ3v) is 3.53. The van der Waals surface area contributed by atoms with E-state index in [0.717, 1.165) is 4.57 Å². The van der Waals surface area contributed by atoms with Crippen LogP contribution in [0.15, 0.2) is 33.9 Å². The minimum Gasteiger partial charge on any atom is -0.326 e. The quantitative estimate of drug-likeness (QED) is 0.659. The number of carbonyl (C=O) groups excluding carboxylic acids is 1. The van der Waals surface area contributed by atoms with Crippen molar-refractivity contribution in [2.45, 2.75) is 6.92 Å². The van der Waals surface area contributed by atoms with E-state index in [4.69, 9.17) is 0 Å². The van der Waals surface area contributed by atoms with Crippen LogP contribution < -0.4 is 16.6 Å². The first kappa shape index (κ1) is 17.9. The molecule has 0 atom stereocenters. The summed E-state index contributed by atoms with van der Waals surface area (Å²) >= 11 is 0. The van der Waals surface area contributed by atoms with Crippen LogP contribution in [0.3, 0.4) is 0 Å². The summed E-state index contributed by atoms with van der Waals surface area (Å²) in [4.78, 5) is 45.4. The number of hydrogen-bond acceptors (Lipinski definition) is 5. The van der Waals surface area contributed by atoms with Gasteiger partial charge in [-0.05, 0) is 23.8 Å². The van der Waals surface area contributed by atoms with Gasteiger partial charge in [0.15, 0.2) is 0 Å². The number of amides is 1. The van der Waals surface area contributed by atoms with Crippen molar-refractivity contribution < 1.29 is 9.72 Å². The van der Waals surface area contributed by atoms with Crippen molar-refractivity contribution in [2.75, 3.05) is 5.32 Å². The Morgan fingerprint density at radius 3 is 2.24 bits per heavy atom. The molecule has 1 amide bonds. The zero-order valence-corrected chi connectivity index (χ0v) is 13.8. The summed E-state index contributed by atoms with van der Waals surface area (Å²) in [7, 11) is 2.54. The van der Waals surface area contributed by atoms with Crippen LogP contribution in [-0.2, 0) is 18.9 Å². The van der Waals surface area contributed by atoms with E-state index in [1.54, 1.807) is 30.3 Å². The highest BCUT2D eigenvalue weighted by Crippen LogP contribution is 2.16. The fourth-order valence-electron chi connectivity index (χ4n) is 2.26. The maximum atomic E-state index is 12.0. The molecule has 0 aliphatic heterocycles. The predicted octanol–water partition coefficient (Wildman–Crippen LogP) is 1.12. The van der Waals surface area contributed by atoms with Crippen LogP contribution in [0.1, 0.15) is 18.2 Å². The molecule has 2 aromatic rings. The van der Waals surface area contributed by atoms with Gasteiger partial charge in [-0.15, -0.1) is 0 Å². The Kier molecular flexibility index (Phi) is 4.97. The van der Waals surface area contributed by atoms with Gasteiger partial charge < -0.3 is 5.32 Å². The summed E-state index contributed by atoms with van der Waals surface area (Å²) in [6, 6.07) is 6.70. The molecule has 130 valence electrons. The number of benzene rings is 1. The molecule has 1 aromatic carbocycles. The van der Waals surface area contributed by atoms with Gasteiger partial charge in [-0.2, -0.15) is 0 Å². The highest BCUT2D eigenvalue weighted by atomic mass is 16.6. The smallest absolute Gasteiger partial charge is 0.326 e. The van der Waals surface area contributed by atoms with E-state index >= 15 is 0 Å². The topological polar surface area (TPSA) is 116 Å². The molecular weight excluding hydrogens is 328 g/mol. The lowest BCUT2D eigenvalue weighted by molar-refractivity contribution is -0.387. The van der Waals surface area contributed by atoms with Gasteiger partial charge in [0.05, 0.1) is 4.92 Å². The monoisotopic (exact) mass is 344 g/mol. The van der Waals surface area contributed by atoms with Crippen LogP contribution in [0.4, 0.5) is 11.4 Å². The zero-order chi connectivity index (χ0) is 18.7. The maximum absolute atomic E-state index is 12.0. The number of nitro groups is 1. The number of rotatable bonds is 4. The Hall–Kier alpha value is -3.49. The number of hydrogen-bond donors (Lipinski definition) is 1. The number of nitrogens with zero attached hydrogens (tertiary/aromatic N) is 3. The van der Waals surface area contributed by atoms with Crippen molar-refractivity contribution in [1.82, 2.24) is 9.13 Å². The van der Waals surface area contributed by atoms with Crippen LogP contribution in [0, 0.1) is 10.1 Å². The minimum absolute atomic E-state index is 0.0935. The van der Waals surface area contributed by atoms with Crippen LogP contribution in [0.2, 0.25) is 0 Å². The van der Waals surface area contributed by atoms with Crippen molar-refractivity contribution in [1.29, 1.82) is 0 Å². The number of nitrogens with one attached hydrogen (secondary N) is 1. The molecule has 25 heavy (non-hydrogen) atoms. The number of anilines is 1. The second kappa shape index (κ2) is 6.95. The van der Waals surface area contributed by atoms with Crippen molar-refractivity contribution in [3.63, 3.8) is 0 Å². The summed E-state index contributed by atoms with van der Waals surface area (Å²) in [6.07, 6.45) is 2.88. The highest BCUT2D eigenvalue weighted by Gasteiger charge is 2.23. The van der Waals surface area contributed by atoms with Crippen molar-refractivity contribution >= 4 is 29.4 Å². The molecule has 0 unspecified atom stereocenters. The Bertz CT molecular complexity index is 983. The largest absolute Gasteiger partial charge is 0.357 e. The van der Waals surface area contributed by atoms with E-state index < -0.39 is 21.9 Å². The molecule has 0 spiro atoms. The normalized spacial score (nSPS) is 10.8. The molecule has 1 aromatic heterocycles. The van der Waals surface area contributed by atoms with E-state index in [1.807, 2.05) is 0 Å². The standard InChI is InChI=1S/C16H16N4O5/c1-10(21)17-12-7-4-11(5-8-12)6-9-13-14(20(24)25)15(22)19(3)16(23)18(13)2/h4-9H,1-3H3,(H,17,21)/b9-6+. The average molecular weight is 344 g/mol. The molecule has 0 aliphatic rings. The Balaban J connectivity index is 2.48. The molecule has 0 radical (unpaired) electrons. The molecule has 0 fully saturated rings. The van der Waals surface area contributed by atoms with Gasteiger partial charge in [0.25, 0.3) is 0 Å². The average Bonchev–Trinajstić information content (AvgIpc) is 2.55. The predicted molar refractivity (Wildman–Crippen MR) is 93.3 cm³/mol. The van der Waals surface area contributed by atoms with Crippen LogP contribution in [-0.4, -0.2) is 20.0 Å². The van der Waals surface area contributed by atoms with E-state index in [2.05, 4.69) is 5.32 Å². The van der Waals surface area contributed by atoms with Gasteiger partial charge in [-0.1, -0.05) is 18.2 Å². The molecule has 1 N–H and O–H groups in total. The first-order valence-corrected chi connectivity index (χ1v) is 7.22. The zero-order valence-electron chi connectivity index (χ0n) is 13.8. The Labute approximate surface area is 142 Å². The molecule has 0 aliphatic carbocycles. The number of carbonyl (C=O) groups is 1. The fraction of sp³-hybridized carbons (Fsp3) is 0.188. The highest BCUT2D eigenvalue weighted by molar-refractivity contribution is 5.88. The molecule has 2 rings (SSSR count). The van der Waals surface area contributed by atoms with Crippen molar-refractivity contribution in [3.8, 4) is 0 Å². The fourth-order valence-corrected chi connectivity index (χ4v) is 2.26. The lowest BCUT2D eigenvalue weighted by Crippen LogP contribution is -2.39. The molecule has 0 saturated heterocycles. The molecular formula is C16H16N4O5. The van der Waals surface area contributed by atoms with E-state index in [0.29, 0.717) is 15.8 Å². The Morgan fingerprint density at radius 1 is 1.12 bits per heavy atom. The van der Waals surface area contributed by atoms with E-state index in [1.165, 1.54) is 27.1 Å². The summed E-state index contributed by atoms with van der Waals surface area (Å²) in [5.41, 5.74) is -1.10. The lowest BCUT2D eigenvalue weighted by Gasteiger charge is -2.07. The molecule has 0 bridgehead atoms. The van der Waals surface area contributed by atoms with Gasteiger partial charge in [-0.3, -0.25) is 28.8 Å². The SMILES string of the molecule is CC(=O)Nc1ccc(/C=C/c2c([N+](=O)[O-])c(=O)n(C)c(=O)n2C)cc1. The van der Waals surface area contributed by atoms with E-state index in [9.17, 15) is 24.5 Å². The first-order valence-electron chi connectivity index (χ1n) is 7.22. The third-order valence-electron chi connectivity index (χ3n) is 3.53. The molecule has 9 nitrogen and oxygen atoms in total. The van der Waals surface area contributed by atoms with Crippen LogP contribution >= 0.6 is 0 Å². The summed E-state index contributed by atoms with van der Waals surface area (Å²) in [5.74, 6) is -0.200. The molecule has 0 saturated carbocycles. The third kappa shape index (κ3) is 3.71. The minimum atomic E-state index is -0.964. The first-order chi connectivity index (χ1) is 11.7. The van der Waals surface area contributed by atoms with Gasteiger partial charge in [0.2, 0.25) is 5.91 Å². The molecule has 9 heteroatoms. The molecule has 1 heterocycles. The van der Waals surface area contributed by atoms with Gasteiger partial charge >= 0.3 is 16.9 Å². The van der Waals surface area contributed by atoms with Gasteiger partial charge in [0.1, 0.15) is 5.69 Å². The second-order valence-electron chi connectivity index (χ2n) is 5.33. The second-order valence-corrected chi connectivity index (χ2v) is 5.33. The Morgan fingerprint density at radius 2 is 1.72 bits per heavy atom. The van der Waals surface area contributed by atoms with E-state index in [-0.39, 0.29) is 11.6 Å². The number of aromatic nitrogens is 2.